The summed E-state index contributed by atoms with van der Waals surface area (Å²) in [5.74, 6) is -1.00. The average Bonchev–Trinajstić information content (AvgIpc) is 2.49. The Morgan fingerprint density at radius 2 is 1.81 bits per heavy atom. The Kier molecular flexibility index (Phi) is 3.23. The Bertz CT molecular complexity index is 816. The van der Waals surface area contributed by atoms with Gasteiger partial charge < -0.3 is 10.4 Å². The topological polar surface area (TPSA) is 62.2 Å². The summed E-state index contributed by atoms with van der Waals surface area (Å²) in [5, 5.41) is 13.7. The van der Waals surface area contributed by atoms with E-state index < -0.39 is 5.97 Å². The summed E-state index contributed by atoms with van der Waals surface area (Å²) in [4.78, 5) is 15.3. The second-order valence-corrected chi connectivity index (χ2v) is 4.51. The normalized spacial score (nSPS) is 10.5. The molecule has 0 saturated heterocycles. The fourth-order valence-electron chi connectivity index (χ4n) is 2.07. The zero-order chi connectivity index (χ0) is 14.8. The molecule has 0 aliphatic heterocycles. The lowest BCUT2D eigenvalue weighted by Gasteiger charge is -2.10. The molecule has 0 spiro atoms. The Hall–Kier alpha value is -2.95. The van der Waals surface area contributed by atoms with Crippen molar-refractivity contribution in [2.24, 2.45) is 0 Å². The molecule has 0 aliphatic carbocycles. The summed E-state index contributed by atoms with van der Waals surface area (Å²) >= 11 is 0. The predicted octanol–water partition coefficient (Wildman–Crippen LogP) is 3.82. The molecule has 4 nitrogen and oxygen atoms in total. The summed E-state index contributed by atoms with van der Waals surface area (Å²) < 4.78 is 12.9. The lowest BCUT2D eigenvalue weighted by Crippen LogP contribution is -2.04. The number of fused-ring (bicyclic) bond motifs is 1. The number of benzene rings is 2. The zero-order valence-corrected chi connectivity index (χ0v) is 10.9. The second kappa shape index (κ2) is 5.20. The van der Waals surface area contributed by atoms with Crippen LogP contribution in [-0.2, 0) is 0 Å². The number of nitrogens with one attached hydrogen (secondary N) is 1. The molecule has 5 heteroatoms. The third-order valence-corrected chi connectivity index (χ3v) is 3.07. The minimum absolute atomic E-state index is 0.0432. The van der Waals surface area contributed by atoms with Crippen molar-refractivity contribution in [1.82, 2.24) is 4.98 Å². The second-order valence-electron chi connectivity index (χ2n) is 4.51. The number of hydrogen-bond donors (Lipinski definition) is 2. The molecule has 2 aromatic carbocycles. The third kappa shape index (κ3) is 2.67. The number of anilines is 2. The molecule has 3 aromatic rings. The Morgan fingerprint density at radius 1 is 1.10 bits per heavy atom. The highest BCUT2D eigenvalue weighted by atomic mass is 19.1. The average molecular weight is 282 g/mol. The Balaban J connectivity index is 2.11. The van der Waals surface area contributed by atoms with Crippen LogP contribution in [0.2, 0.25) is 0 Å². The largest absolute Gasteiger partial charge is 0.477 e. The van der Waals surface area contributed by atoms with Crippen molar-refractivity contribution in [2.45, 2.75) is 0 Å². The highest BCUT2D eigenvalue weighted by Gasteiger charge is 2.11. The number of halogens is 1. The minimum Gasteiger partial charge on any atom is -0.477 e. The van der Waals surface area contributed by atoms with Crippen molar-refractivity contribution in [3.8, 4) is 0 Å². The van der Waals surface area contributed by atoms with Crippen molar-refractivity contribution < 1.29 is 14.3 Å². The van der Waals surface area contributed by atoms with Crippen LogP contribution in [0.5, 0.6) is 0 Å². The molecule has 104 valence electrons. The molecule has 1 aromatic heterocycles. The lowest BCUT2D eigenvalue weighted by atomic mass is 10.1. The third-order valence-electron chi connectivity index (χ3n) is 3.07. The molecule has 0 radical (unpaired) electrons. The first kappa shape index (κ1) is 13.1. The molecule has 0 bridgehead atoms. The van der Waals surface area contributed by atoms with Crippen LogP contribution >= 0.6 is 0 Å². The van der Waals surface area contributed by atoms with Gasteiger partial charge in [0.2, 0.25) is 0 Å². The molecule has 2 N–H and O–H groups in total. The van der Waals surface area contributed by atoms with Crippen LogP contribution in [0.25, 0.3) is 10.8 Å². The van der Waals surface area contributed by atoms with Crippen LogP contribution in [-0.4, -0.2) is 16.1 Å². The molecule has 0 fully saturated rings. The van der Waals surface area contributed by atoms with E-state index in [1.807, 2.05) is 24.3 Å². The predicted molar refractivity (Wildman–Crippen MR) is 78.4 cm³/mol. The first-order valence-electron chi connectivity index (χ1n) is 6.29. The molecule has 0 unspecified atom stereocenters. The number of carbonyl (C=O) groups is 1. The van der Waals surface area contributed by atoms with Crippen LogP contribution < -0.4 is 5.32 Å². The quantitative estimate of drug-likeness (QED) is 0.766. The van der Waals surface area contributed by atoms with Crippen LogP contribution in [0.3, 0.4) is 0 Å². The lowest BCUT2D eigenvalue weighted by molar-refractivity contribution is 0.0691. The maximum Gasteiger partial charge on any atom is 0.354 e. The number of aromatic carboxylic acids is 1. The first-order valence-corrected chi connectivity index (χ1v) is 6.29. The van der Waals surface area contributed by atoms with Gasteiger partial charge in [0.15, 0.2) is 5.69 Å². The van der Waals surface area contributed by atoms with Gasteiger partial charge in [-0.15, -0.1) is 0 Å². The van der Waals surface area contributed by atoms with Gasteiger partial charge in [0.05, 0.1) is 0 Å². The summed E-state index contributed by atoms with van der Waals surface area (Å²) in [6.07, 6.45) is 0. The van der Waals surface area contributed by atoms with Gasteiger partial charge in [-0.25, -0.2) is 14.2 Å². The van der Waals surface area contributed by atoms with Crippen molar-refractivity contribution in [1.29, 1.82) is 0 Å². The van der Waals surface area contributed by atoms with Crippen LogP contribution in [0.15, 0.2) is 54.6 Å². The maximum atomic E-state index is 12.9. The molecule has 0 saturated carbocycles. The number of hydrogen-bond acceptors (Lipinski definition) is 3. The number of pyridine rings is 1. The number of aromatic nitrogens is 1. The number of rotatable bonds is 3. The molecule has 0 atom stereocenters. The van der Waals surface area contributed by atoms with Crippen molar-refractivity contribution >= 4 is 28.2 Å². The van der Waals surface area contributed by atoms with E-state index in [2.05, 4.69) is 10.3 Å². The molecule has 21 heavy (non-hydrogen) atoms. The van der Waals surface area contributed by atoms with Gasteiger partial charge in [0.25, 0.3) is 0 Å². The Morgan fingerprint density at radius 3 is 2.52 bits per heavy atom. The van der Waals surface area contributed by atoms with Gasteiger partial charge in [-0.1, -0.05) is 24.3 Å². The smallest absolute Gasteiger partial charge is 0.354 e. The highest BCUT2D eigenvalue weighted by Crippen LogP contribution is 2.25. The maximum absolute atomic E-state index is 12.9. The van der Waals surface area contributed by atoms with Gasteiger partial charge >= 0.3 is 5.97 Å². The van der Waals surface area contributed by atoms with Gasteiger partial charge in [-0.3, -0.25) is 0 Å². The van der Waals surface area contributed by atoms with Crippen molar-refractivity contribution in [3.05, 3.63) is 66.1 Å². The van der Waals surface area contributed by atoms with E-state index in [1.165, 1.54) is 18.2 Å². The van der Waals surface area contributed by atoms with Gasteiger partial charge in [0.1, 0.15) is 11.6 Å². The summed E-state index contributed by atoms with van der Waals surface area (Å²) in [5.41, 5.74) is 0.593. The first-order chi connectivity index (χ1) is 10.1. The number of carboxylic acids is 1. The summed E-state index contributed by atoms with van der Waals surface area (Å²) in [6.45, 7) is 0. The van der Waals surface area contributed by atoms with E-state index >= 15 is 0 Å². The molecule has 1 heterocycles. The van der Waals surface area contributed by atoms with E-state index in [0.717, 1.165) is 10.8 Å². The van der Waals surface area contributed by atoms with E-state index in [0.29, 0.717) is 11.5 Å². The minimum atomic E-state index is -1.09. The molecule has 0 aliphatic rings. The standard InChI is InChI=1S/C16H11FN2O2/c17-11-5-7-12(8-6-11)18-15-13-4-2-1-3-10(13)9-14(19-15)16(20)21/h1-9H,(H,18,19)(H,20,21). The van der Waals surface area contributed by atoms with E-state index in [-0.39, 0.29) is 11.5 Å². The number of nitrogens with zero attached hydrogens (tertiary/aromatic N) is 1. The van der Waals surface area contributed by atoms with Gasteiger partial charge in [-0.2, -0.15) is 0 Å². The molecular formula is C16H11FN2O2. The van der Waals surface area contributed by atoms with Crippen LogP contribution in [0, 0.1) is 5.82 Å². The van der Waals surface area contributed by atoms with E-state index in [4.69, 9.17) is 5.11 Å². The molecule has 3 rings (SSSR count). The van der Waals surface area contributed by atoms with E-state index in [9.17, 15) is 9.18 Å². The van der Waals surface area contributed by atoms with Crippen LogP contribution in [0.1, 0.15) is 10.5 Å². The van der Waals surface area contributed by atoms with Crippen molar-refractivity contribution in [2.75, 3.05) is 5.32 Å². The number of carboxylic acid groups (broad SMARTS) is 1. The fourth-order valence-corrected chi connectivity index (χ4v) is 2.07. The van der Waals surface area contributed by atoms with E-state index in [1.54, 1.807) is 12.1 Å². The van der Waals surface area contributed by atoms with Crippen molar-refractivity contribution in [3.63, 3.8) is 0 Å². The fraction of sp³-hybridized carbons (Fsp3) is 0. The monoisotopic (exact) mass is 282 g/mol. The molecular weight excluding hydrogens is 271 g/mol. The highest BCUT2D eigenvalue weighted by molar-refractivity contribution is 5.98. The zero-order valence-electron chi connectivity index (χ0n) is 10.9. The summed E-state index contributed by atoms with van der Waals surface area (Å²) in [7, 11) is 0. The van der Waals surface area contributed by atoms with Gasteiger partial charge in [0, 0.05) is 11.1 Å². The SMILES string of the molecule is O=C(O)c1cc2ccccc2c(Nc2ccc(F)cc2)n1. The summed E-state index contributed by atoms with van der Waals surface area (Å²) in [6, 6.07) is 14.7. The van der Waals surface area contributed by atoms with Crippen LogP contribution in [0.4, 0.5) is 15.9 Å². The molecule has 0 amide bonds. The van der Waals surface area contributed by atoms with Gasteiger partial charge in [-0.05, 0) is 35.7 Å². The Labute approximate surface area is 119 Å².